The second-order valence-corrected chi connectivity index (χ2v) is 8.23. The van der Waals surface area contributed by atoms with Gasteiger partial charge in [0, 0.05) is 35.4 Å². The number of nitrogens with zero attached hydrogens (tertiary/aromatic N) is 4. The van der Waals surface area contributed by atoms with Gasteiger partial charge in [0.05, 0.1) is 17.5 Å². The first-order valence-electron chi connectivity index (χ1n) is 10.2. The molecule has 3 heterocycles. The summed E-state index contributed by atoms with van der Waals surface area (Å²) in [7, 11) is 0. The molecule has 1 fully saturated rings. The number of imidazole rings is 1. The summed E-state index contributed by atoms with van der Waals surface area (Å²) in [5.74, 6) is -0.254. The van der Waals surface area contributed by atoms with Crippen LogP contribution in [0.3, 0.4) is 0 Å². The maximum atomic E-state index is 12.7. The minimum absolute atomic E-state index is 0.515. The number of carboxylic acids is 1. The highest BCUT2D eigenvalue weighted by Crippen LogP contribution is 2.43. The Morgan fingerprint density at radius 1 is 1.19 bits per heavy atom. The van der Waals surface area contributed by atoms with Gasteiger partial charge in [0.2, 0.25) is 0 Å². The Kier molecular flexibility index (Phi) is 4.67. The summed E-state index contributed by atoms with van der Waals surface area (Å²) in [4.78, 5) is 23.7. The molecule has 1 atom stereocenters. The fraction of sp³-hybridized carbons (Fsp3) is 0.208. The number of fused-ring (bicyclic) bond motifs is 1. The highest BCUT2D eigenvalue weighted by Gasteiger charge is 2.50. The van der Waals surface area contributed by atoms with Crippen LogP contribution < -0.4 is 4.90 Å². The zero-order valence-electron chi connectivity index (χ0n) is 17.0. The Morgan fingerprint density at radius 2 is 2.00 bits per heavy atom. The van der Waals surface area contributed by atoms with Crippen LogP contribution in [0.25, 0.3) is 16.6 Å². The van der Waals surface area contributed by atoms with Crippen molar-refractivity contribution in [1.82, 2.24) is 14.5 Å². The molecule has 6 nitrogen and oxygen atoms in total. The summed E-state index contributed by atoms with van der Waals surface area (Å²) in [5.41, 5.74) is 2.10. The van der Waals surface area contributed by atoms with Crippen LogP contribution in [0, 0.1) is 6.92 Å². The molecule has 7 heteroatoms. The zero-order chi connectivity index (χ0) is 21.6. The number of hydrogen-bond donors (Lipinski definition) is 1. The largest absolute Gasteiger partial charge is 0.479 e. The molecule has 156 valence electrons. The third-order valence-electron chi connectivity index (χ3n) is 6.18. The van der Waals surface area contributed by atoms with E-state index in [9.17, 15) is 9.90 Å². The van der Waals surface area contributed by atoms with Crippen LogP contribution in [0.15, 0.2) is 67.3 Å². The minimum Gasteiger partial charge on any atom is -0.479 e. The van der Waals surface area contributed by atoms with E-state index in [1.807, 2.05) is 71.1 Å². The molecule has 31 heavy (non-hydrogen) atoms. The van der Waals surface area contributed by atoms with E-state index in [-0.39, 0.29) is 0 Å². The predicted molar refractivity (Wildman–Crippen MR) is 121 cm³/mol. The number of aliphatic carboxylic acids is 1. The molecular weight excluding hydrogens is 412 g/mol. The number of halogens is 1. The molecule has 0 amide bonds. The van der Waals surface area contributed by atoms with Gasteiger partial charge in [-0.05, 0) is 43.0 Å². The Hall–Kier alpha value is -3.38. The van der Waals surface area contributed by atoms with Gasteiger partial charge in [0.1, 0.15) is 5.82 Å². The fourth-order valence-corrected chi connectivity index (χ4v) is 4.77. The van der Waals surface area contributed by atoms with Crippen molar-refractivity contribution >= 4 is 34.3 Å². The number of hydrogen-bond acceptors (Lipinski definition) is 4. The number of aromatic nitrogens is 3. The number of anilines is 1. The van der Waals surface area contributed by atoms with E-state index < -0.39 is 11.5 Å². The summed E-state index contributed by atoms with van der Waals surface area (Å²) >= 11 is 6.41. The van der Waals surface area contributed by atoms with Gasteiger partial charge in [0.25, 0.3) is 0 Å². The van der Waals surface area contributed by atoms with Crippen LogP contribution >= 0.6 is 11.6 Å². The molecule has 1 aliphatic rings. The molecule has 0 aliphatic carbocycles. The Morgan fingerprint density at radius 3 is 2.71 bits per heavy atom. The quantitative estimate of drug-likeness (QED) is 0.493. The molecule has 0 radical (unpaired) electrons. The molecule has 1 unspecified atom stereocenters. The van der Waals surface area contributed by atoms with Crippen LogP contribution in [0.4, 0.5) is 5.82 Å². The van der Waals surface area contributed by atoms with Gasteiger partial charge < -0.3 is 14.6 Å². The first-order valence-corrected chi connectivity index (χ1v) is 10.5. The first kappa shape index (κ1) is 19.6. The molecule has 1 N–H and O–H groups in total. The van der Waals surface area contributed by atoms with Crippen molar-refractivity contribution in [2.75, 3.05) is 11.4 Å². The molecule has 2 aromatic heterocycles. The lowest BCUT2D eigenvalue weighted by atomic mass is 9.87. The number of benzene rings is 2. The van der Waals surface area contributed by atoms with E-state index in [1.165, 1.54) is 0 Å². The Bertz CT molecular complexity index is 1270. The van der Waals surface area contributed by atoms with Gasteiger partial charge in [-0.1, -0.05) is 41.9 Å². The molecule has 1 saturated heterocycles. The highest BCUT2D eigenvalue weighted by molar-refractivity contribution is 6.32. The minimum atomic E-state index is -1.17. The van der Waals surface area contributed by atoms with Crippen molar-refractivity contribution in [2.45, 2.75) is 25.3 Å². The summed E-state index contributed by atoms with van der Waals surface area (Å²) < 4.78 is 1.92. The second kappa shape index (κ2) is 7.39. The van der Waals surface area contributed by atoms with Crippen molar-refractivity contribution in [2.24, 2.45) is 0 Å². The standard InChI is InChI=1S/C24H21ClN4O2/c1-16-19(25)9-8-18-20(28-13-11-26-15-28)14-21(27-22(16)18)29-12-5-10-24(29,23(30)31)17-6-3-2-4-7-17/h2-4,6-9,11,13-15H,5,10,12H2,1H3,(H,30,31). The van der Waals surface area contributed by atoms with Crippen molar-refractivity contribution in [3.63, 3.8) is 0 Å². The predicted octanol–water partition coefficient (Wildman–Crippen LogP) is 4.96. The van der Waals surface area contributed by atoms with Crippen molar-refractivity contribution in [3.8, 4) is 5.69 Å². The van der Waals surface area contributed by atoms with Crippen molar-refractivity contribution < 1.29 is 9.90 Å². The summed E-state index contributed by atoms with van der Waals surface area (Å²) in [6.07, 6.45) is 6.59. The lowest BCUT2D eigenvalue weighted by molar-refractivity contribution is -0.143. The maximum Gasteiger partial charge on any atom is 0.334 e. The van der Waals surface area contributed by atoms with E-state index in [4.69, 9.17) is 16.6 Å². The third-order valence-corrected chi connectivity index (χ3v) is 6.59. The van der Waals surface area contributed by atoms with E-state index in [2.05, 4.69) is 4.98 Å². The molecule has 4 aromatic rings. The zero-order valence-corrected chi connectivity index (χ0v) is 17.8. The van der Waals surface area contributed by atoms with Gasteiger partial charge >= 0.3 is 5.97 Å². The Balaban J connectivity index is 1.78. The number of aryl methyl sites for hydroxylation is 1. The molecule has 0 saturated carbocycles. The van der Waals surface area contributed by atoms with Crippen LogP contribution in [0.5, 0.6) is 0 Å². The van der Waals surface area contributed by atoms with E-state index in [1.54, 1.807) is 12.5 Å². The normalized spacial score (nSPS) is 18.6. The van der Waals surface area contributed by atoms with Gasteiger partial charge in [-0.2, -0.15) is 0 Å². The maximum absolute atomic E-state index is 12.7. The smallest absolute Gasteiger partial charge is 0.334 e. The lowest BCUT2D eigenvalue weighted by Gasteiger charge is -2.36. The summed E-state index contributed by atoms with van der Waals surface area (Å²) in [6.45, 7) is 2.54. The number of carboxylic acid groups (broad SMARTS) is 1. The highest BCUT2D eigenvalue weighted by atomic mass is 35.5. The lowest BCUT2D eigenvalue weighted by Crippen LogP contribution is -2.48. The topological polar surface area (TPSA) is 71.2 Å². The van der Waals surface area contributed by atoms with Crippen molar-refractivity contribution in [3.05, 3.63) is 83.4 Å². The van der Waals surface area contributed by atoms with Gasteiger partial charge in [-0.15, -0.1) is 0 Å². The van der Waals surface area contributed by atoms with Crippen LogP contribution in [0.2, 0.25) is 5.02 Å². The average Bonchev–Trinajstić information content (AvgIpc) is 3.47. The van der Waals surface area contributed by atoms with Gasteiger partial charge in [-0.25, -0.2) is 14.8 Å². The fourth-order valence-electron chi connectivity index (χ4n) is 4.62. The molecule has 5 rings (SSSR count). The van der Waals surface area contributed by atoms with Gasteiger partial charge in [-0.3, -0.25) is 0 Å². The number of rotatable bonds is 4. The average molecular weight is 433 g/mol. The molecule has 1 aliphatic heterocycles. The molecule has 0 bridgehead atoms. The second-order valence-electron chi connectivity index (χ2n) is 7.82. The SMILES string of the molecule is Cc1c(Cl)ccc2c(-n3ccnc3)cc(N3CCCC3(C(=O)O)c3ccccc3)nc12. The first-order chi connectivity index (χ1) is 15.0. The summed E-state index contributed by atoms with van der Waals surface area (Å²) in [6, 6.07) is 15.2. The third kappa shape index (κ3) is 2.98. The monoisotopic (exact) mass is 432 g/mol. The molecule has 2 aromatic carbocycles. The van der Waals surface area contributed by atoms with Gasteiger partial charge in [0.15, 0.2) is 5.54 Å². The van der Waals surface area contributed by atoms with E-state index in [0.29, 0.717) is 23.8 Å². The van der Waals surface area contributed by atoms with Crippen LogP contribution in [0.1, 0.15) is 24.0 Å². The van der Waals surface area contributed by atoms with Crippen LogP contribution in [-0.2, 0) is 10.3 Å². The number of carbonyl (C=O) groups is 1. The Labute approximate surface area is 184 Å². The van der Waals surface area contributed by atoms with E-state index >= 15 is 0 Å². The van der Waals surface area contributed by atoms with E-state index in [0.717, 1.165) is 34.1 Å². The molecular formula is C24H21ClN4O2. The van der Waals surface area contributed by atoms with Crippen LogP contribution in [-0.4, -0.2) is 32.2 Å². The van der Waals surface area contributed by atoms with Crippen molar-refractivity contribution in [1.29, 1.82) is 0 Å². The number of pyridine rings is 1. The molecule has 0 spiro atoms. The summed E-state index contributed by atoms with van der Waals surface area (Å²) in [5, 5.41) is 12.0.